The molecule has 0 bridgehead atoms. The molecule has 0 radical (unpaired) electrons. The van der Waals surface area contributed by atoms with Gasteiger partial charge in [0, 0.05) is 30.3 Å². The van der Waals surface area contributed by atoms with Gasteiger partial charge in [0.05, 0.1) is 12.2 Å². The molecule has 2 unspecified atom stereocenters. The molecule has 150 valence electrons. The first kappa shape index (κ1) is 20.5. The lowest BCUT2D eigenvalue weighted by Crippen LogP contribution is -2.45. The first-order chi connectivity index (χ1) is 13.4. The van der Waals surface area contributed by atoms with E-state index in [9.17, 15) is 9.18 Å². The molecule has 2 atom stereocenters. The Balaban J connectivity index is 1.47. The Kier molecular flexibility index (Phi) is 6.85. The average Bonchev–Trinajstić information content (AvgIpc) is 2.65. The maximum atomic E-state index is 13.7. The van der Waals surface area contributed by atoms with E-state index in [1.165, 1.54) is 12.1 Å². The number of halogens is 2. The van der Waals surface area contributed by atoms with Gasteiger partial charge < -0.3 is 19.7 Å². The van der Waals surface area contributed by atoms with Gasteiger partial charge in [0.15, 0.2) is 18.2 Å². The van der Waals surface area contributed by atoms with E-state index in [-0.39, 0.29) is 30.5 Å². The summed E-state index contributed by atoms with van der Waals surface area (Å²) < 4.78 is 25.3. The van der Waals surface area contributed by atoms with Gasteiger partial charge in [-0.05, 0) is 43.7 Å². The van der Waals surface area contributed by atoms with Gasteiger partial charge >= 0.3 is 0 Å². The highest BCUT2D eigenvalue weighted by Crippen LogP contribution is 2.21. The maximum Gasteiger partial charge on any atom is 0.258 e. The van der Waals surface area contributed by atoms with Gasteiger partial charge in [0.25, 0.3) is 5.91 Å². The lowest BCUT2D eigenvalue weighted by atomic mass is 10.2. The van der Waals surface area contributed by atoms with E-state index < -0.39 is 5.82 Å². The second kappa shape index (κ2) is 9.34. The Morgan fingerprint density at radius 1 is 1.32 bits per heavy atom. The highest BCUT2D eigenvalue weighted by Gasteiger charge is 2.22. The molecule has 1 amide bonds. The topological polar surface area (TPSA) is 63.7 Å². The summed E-state index contributed by atoms with van der Waals surface area (Å²) in [5.41, 5.74) is 0.876. The van der Waals surface area contributed by atoms with Crippen LogP contribution in [0.4, 0.5) is 10.2 Å². The maximum absolute atomic E-state index is 13.7. The molecular formula is C20H23BrFN3O3. The van der Waals surface area contributed by atoms with Crippen LogP contribution in [0.5, 0.6) is 5.75 Å². The number of carbonyl (C=O) groups excluding carboxylic acids is 1. The minimum absolute atomic E-state index is 0.0401. The second-order valence-corrected chi connectivity index (χ2v) is 7.74. The predicted octanol–water partition coefficient (Wildman–Crippen LogP) is 3.29. The highest BCUT2D eigenvalue weighted by molar-refractivity contribution is 9.10. The molecule has 1 saturated heterocycles. The summed E-state index contributed by atoms with van der Waals surface area (Å²) in [5.74, 6) is 0.0837. The fourth-order valence-electron chi connectivity index (χ4n) is 3.06. The van der Waals surface area contributed by atoms with Crippen LogP contribution in [0.25, 0.3) is 0 Å². The first-order valence-electron chi connectivity index (χ1n) is 9.10. The summed E-state index contributed by atoms with van der Waals surface area (Å²) in [7, 11) is 0. The highest BCUT2D eigenvalue weighted by atomic mass is 79.9. The zero-order valence-corrected chi connectivity index (χ0v) is 17.4. The third-order valence-corrected chi connectivity index (χ3v) is 4.79. The van der Waals surface area contributed by atoms with Crippen LogP contribution >= 0.6 is 15.9 Å². The number of hydrogen-bond acceptors (Lipinski definition) is 5. The normalized spacial score (nSPS) is 19.4. The van der Waals surface area contributed by atoms with E-state index in [1.54, 1.807) is 12.3 Å². The Bertz CT molecular complexity index is 809. The monoisotopic (exact) mass is 451 g/mol. The third-order valence-electron chi connectivity index (χ3n) is 4.30. The van der Waals surface area contributed by atoms with Crippen molar-refractivity contribution in [3.8, 4) is 5.75 Å². The number of nitrogens with zero attached hydrogens (tertiary/aromatic N) is 2. The molecule has 1 aromatic carbocycles. The number of ether oxygens (including phenoxy) is 2. The molecule has 2 heterocycles. The standard InChI is InChI=1S/C20H23BrFN3O3/c1-13-10-25(11-14(2)28-13)19-6-3-15(8-23-19)9-24-20(26)12-27-18-5-4-16(21)7-17(18)22/h3-8,13-14H,9-12H2,1-2H3,(H,24,26). The molecule has 3 rings (SSSR count). The molecule has 2 aromatic rings. The number of rotatable bonds is 6. The van der Waals surface area contributed by atoms with Crippen molar-refractivity contribution in [3.05, 3.63) is 52.4 Å². The van der Waals surface area contributed by atoms with E-state index in [4.69, 9.17) is 9.47 Å². The average molecular weight is 452 g/mol. The van der Waals surface area contributed by atoms with E-state index in [1.807, 2.05) is 12.1 Å². The third kappa shape index (κ3) is 5.65. The van der Waals surface area contributed by atoms with Crippen molar-refractivity contribution >= 4 is 27.7 Å². The number of carbonyl (C=O) groups is 1. The minimum Gasteiger partial charge on any atom is -0.481 e. The first-order valence-corrected chi connectivity index (χ1v) is 9.90. The van der Waals surface area contributed by atoms with E-state index in [2.05, 4.69) is 45.0 Å². The van der Waals surface area contributed by atoms with Crippen LogP contribution in [0.3, 0.4) is 0 Å². The van der Waals surface area contributed by atoms with E-state index >= 15 is 0 Å². The molecule has 1 aliphatic heterocycles. The fraction of sp³-hybridized carbons (Fsp3) is 0.400. The van der Waals surface area contributed by atoms with Crippen molar-refractivity contribution in [3.63, 3.8) is 0 Å². The molecule has 28 heavy (non-hydrogen) atoms. The van der Waals surface area contributed by atoms with Gasteiger partial charge in [-0.15, -0.1) is 0 Å². The quantitative estimate of drug-likeness (QED) is 0.729. The van der Waals surface area contributed by atoms with E-state index in [0.717, 1.165) is 24.5 Å². The van der Waals surface area contributed by atoms with Crippen LogP contribution in [0.2, 0.25) is 0 Å². The number of benzene rings is 1. The number of morpholine rings is 1. The van der Waals surface area contributed by atoms with Gasteiger partial charge in [-0.2, -0.15) is 0 Å². The van der Waals surface area contributed by atoms with Crippen LogP contribution < -0.4 is 15.0 Å². The number of amides is 1. The number of nitrogens with one attached hydrogen (secondary N) is 1. The minimum atomic E-state index is -0.520. The Morgan fingerprint density at radius 2 is 2.07 bits per heavy atom. The summed E-state index contributed by atoms with van der Waals surface area (Å²) in [6, 6.07) is 8.29. The van der Waals surface area contributed by atoms with Crippen molar-refractivity contribution in [2.45, 2.75) is 32.6 Å². The molecule has 8 heteroatoms. The number of aromatic nitrogens is 1. The molecule has 0 spiro atoms. The molecular weight excluding hydrogens is 429 g/mol. The molecule has 1 aromatic heterocycles. The van der Waals surface area contributed by atoms with Crippen LogP contribution in [0.1, 0.15) is 19.4 Å². The van der Waals surface area contributed by atoms with E-state index in [0.29, 0.717) is 11.0 Å². The number of hydrogen-bond donors (Lipinski definition) is 1. The molecule has 1 aliphatic rings. The molecule has 0 saturated carbocycles. The molecule has 6 nitrogen and oxygen atoms in total. The van der Waals surface area contributed by atoms with Crippen molar-refractivity contribution in [2.75, 3.05) is 24.6 Å². The summed E-state index contributed by atoms with van der Waals surface area (Å²) in [4.78, 5) is 18.6. The lowest BCUT2D eigenvalue weighted by molar-refractivity contribution is -0.123. The summed E-state index contributed by atoms with van der Waals surface area (Å²) in [6.45, 7) is 5.78. The van der Waals surface area contributed by atoms with Gasteiger partial charge in [-0.1, -0.05) is 22.0 Å². The largest absolute Gasteiger partial charge is 0.481 e. The van der Waals surface area contributed by atoms with Crippen LogP contribution in [0, 0.1) is 5.82 Å². The van der Waals surface area contributed by atoms with Gasteiger partial charge in [0.1, 0.15) is 5.82 Å². The molecule has 1 N–H and O–H groups in total. The van der Waals surface area contributed by atoms with Crippen LogP contribution in [-0.4, -0.2) is 42.8 Å². The predicted molar refractivity (Wildman–Crippen MR) is 108 cm³/mol. The molecule has 1 fully saturated rings. The Morgan fingerprint density at radius 3 is 2.71 bits per heavy atom. The second-order valence-electron chi connectivity index (χ2n) is 6.83. The van der Waals surface area contributed by atoms with Crippen molar-refractivity contribution in [1.29, 1.82) is 0 Å². The van der Waals surface area contributed by atoms with Gasteiger partial charge in [-0.3, -0.25) is 4.79 Å². The lowest BCUT2D eigenvalue weighted by Gasteiger charge is -2.36. The zero-order valence-electron chi connectivity index (χ0n) is 15.8. The van der Waals surface area contributed by atoms with Crippen molar-refractivity contribution in [2.24, 2.45) is 0 Å². The summed E-state index contributed by atoms with van der Waals surface area (Å²) in [6.07, 6.45) is 2.08. The number of anilines is 1. The van der Waals surface area contributed by atoms with Gasteiger partial charge in [0.2, 0.25) is 0 Å². The van der Waals surface area contributed by atoms with Crippen LogP contribution in [0.15, 0.2) is 41.0 Å². The zero-order chi connectivity index (χ0) is 20.1. The van der Waals surface area contributed by atoms with Crippen molar-refractivity contribution < 1.29 is 18.7 Å². The smallest absolute Gasteiger partial charge is 0.258 e. The van der Waals surface area contributed by atoms with Crippen LogP contribution in [-0.2, 0) is 16.1 Å². The SMILES string of the molecule is CC1CN(c2ccc(CNC(=O)COc3ccc(Br)cc3F)cn2)CC(C)O1. The fourth-order valence-corrected chi connectivity index (χ4v) is 3.39. The summed E-state index contributed by atoms with van der Waals surface area (Å²) >= 11 is 3.17. The number of pyridine rings is 1. The summed E-state index contributed by atoms with van der Waals surface area (Å²) in [5, 5.41) is 2.74. The Labute approximate surface area is 172 Å². The molecule has 0 aliphatic carbocycles. The van der Waals surface area contributed by atoms with Crippen molar-refractivity contribution in [1.82, 2.24) is 10.3 Å². The Hall–Kier alpha value is -2.19. The van der Waals surface area contributed by atoms with Gasteiger partial charge in [-0.25, -0.2) is 9.37 Å².